The Balaban J connectivity index is 0.000000795. The Kier molecular flexibility index (Phi) is 9.34. The topological polar surface area (TPSA) is 131 Å². The number of carbonyl (C=O) groups is 2. The summed E-state index contributed by atoms with van der Waals surface area (Å²) in [5, 5.41) is 21.6. The van der Waals surface area contributed by atoms with Gasteiger partial charge in [0.2, 0.25) is 6.41 Å². The molecule has 1 unspecified atom stereocenters. The highest BCUT2D eigenvalue weighted by Gasteiger charge is 2.20. The van der Waals surface area contributed by atoms with Crippen LogP contribution >= 0.6 is 0 Å². The first-order chi connectivity index (χ1) is 17.1. The fourth-order valence-corrected chi connectivity index (χ4v) is 3.92. The van der Waals surface area contributed by atoms with Crippen molar-refractivity contribution in [3.8, 4) is 6.07 Å². The van der Waals surface area contributed by atoms with Gasteiger partial charge in [0.25, 0.3) is 5.91 Å². The number of rotatable bonds is 9. The van der Waals surface area contributed by atoms with Gasteiger partial charge in [-0.1, -0.05) is 62.9 Å². The molecule has 0 saturated carbocycles. The summed E-state index contributed by atoms with van der Waals surface area (Å²) in [4.78, 5) is 30.1. The Hall–Kier alpha value is -4.22. The van der Waals surface area contributed by atoms with Gasteiger partial charge in [-0.3, -0.25) is 14.8 Å². The van der Waals surface area contributed by atoms with Crippen LogP contribution in [0.25, 0.3) is 21.8 Å². The number of H-pyrrole nitrogens is 1. The number of unbranched alkanes of at least 4 members (excludes halogenated alkanes) is 3. The van der Waals surface area contributed by atoms with Crippen molar-refractivity contribution in [1.29, 1.82) is 5.26 Å². The van der Waals surface area contributed by atoms with E-state index in [4.69, 9.17) is 20.2 Å². The molecule has 0 aliphatic rings. The van der Waals surface area contributed by atoms with Gasteiger partial charge in [0.1, 0.15) is 5.82 Å². The average molecular weight is 472 g/mol. The molecule has 4 rings (SSSR count). The summed E-state index contributed by atoms with van der Waals surface area (Å²) in [6.07, 6.45) is 5.49. The number of fused-ring (bicyclic) bond motifs is 3. The molecule has 0 radical (unpaired) electrons. The van der Waals surface area contributed by atoms with Gasteiger partial charge in [-0.05, 0) is 42.1 Å². The van der Waals surface area contributed by atoms with Gasteiger partial charge in [0, 0.05) is 10.9 Å². The van der Waals surface area contributed by atoms with Crippen LogP contribution in [0.5, 0.6) is 0 Å². The summed E-state index contributed by atoms with van der Waals surface area (Å²) in [6.45, 7) is 2.19. The predicted molar refractivity (Wildman–Crippen MR) is 135 cm³/mol. The van der Waals surface area contributed by atoms with Crippen LogP contribution in [0.3, 0.4) is 0 Å². The van der Waals surface area contributed by atoms with E-state index in [9.17, 15) is 4.79 Å². The van der Waals surface area contributed by atoms with Crippen molar-refractivity contribution in [2.24, 2.45) is 0 Å². The lowest BCUT2D eigenvalue weighted by atomic mass is 10.1. The van der Waals surface area contributed by atoms with Crippen LogP contribution < -0.4 is 10.8 Å². The number of aromatic amines is 1. The molecule has 0 bridgehead atoms. The number of benzene rings is 3. The molecule has 0 fully saturated rings. The van der Waals surface area contributed by atoms with Crippen LogP contribution in [-0.4, -0.2) is 27.5 Å². The van der Waals surface area contributed by atoms with E-state index < -0.39 is 0 Å². The van der Waals surface area contributed by atoms with Gasteiger partial charge in [-0.25, -0.2) is 10.5 Å². The summed E-state index contributed by atoms with van der Waals surface area (Å²) >= 11 is 0. The van der Waals surface area contributed by atoms with Crippen molar-refractivity contribution in [2.45, 2.75) is 45.1 Å². The maximum Gasteiger partial charge on any atom is 0.251 e. The number of imidazole rings is 1. The number of carbonyl (C=O) groups excluding carboxylic acids is 2. The third kappa shape index (κ3) is 6.65. The molecule has 4 N–H and O–H groups in total. The Bertz CT molecular complexity index is 1310. The molecule has 8 nitrogen and oxygen atoms in total. The largest absolute Gasteiger partial charge is 0.342 e. The molecular formula is C27H29N5O3. The van der Waals surface area contributed by atoms with Gasteiger partial charge < -0.3 is 10.3 Å². The monoisotopic (exact) mass is 471 g/mol. The predicted octanol–water partition coefficient (Wildman–Crippen LogP) is 5.15. The average Bonchev–Trinajstić information content (AvgIpc) is 3.35. The van der Waals surface area contributed by atoms with Crippen molar-refractivity contribution < 1.29 is 14.8 Å². The standard InChI is InChI=1S/C26H26N4O.CH3NO2/c1-2-3-4-5-10-23(29-26(31)20-13-11-18(17-27)12-14-20)25-28-22-16-15-19-8-6-7-9-21(19)24(22)30-25;3-1-2-4/h6-9,11-16,23H,2-5,10H2,1H3,(H,28,30)(H,29,31);1,4H,(H,2,3). The minimum atomic E-state index is -0.203. The van der Waals surface area contributed by atoms with E-state index in [1.54, 1.807) is 24.3 Å². The normalized spacial score (nSPS) is 11.2. The summed E-state index contributed by atoms with van der Waals surface area (Å²) in [6, 6.07) is 20.9. The van der Waals surface area contributed by atoms with Crippen molar-refractivity contribution in [1.82, 2.24) is 20.8 Å². The number of amides is 2. The number of aromatic nitrogens is 2. The maximum atomic E-state index is 12.9. The fraction of sp³-hybridized carbons (Fsp3) is 0.259. The van der Waals surface area contributed by atoms with Crippen molar-refractivity contribution in [3.63, 3.8) is 0 Å². The summed E-state index contributed by atoms with van der Waals surface area (Å²) < 4.78 is 0. The van der Waals surface area contributed by atoms with Crippen LogP contribution in [0.4, 0.5) is 0 Å². The molecule has 2 amide bonds. The lowest BCUT2D eigenvalue weighted by molar-refractivity contribution is -0.116. The van der Waals surface area contributed by atoms with Crippen LogP contribution in [0.2, 0.25) is 0 Å². The van der Waals surface area contributed by atoms with E-state index in [1.807, 2.05) is 18.2 Å². The molecule has 180 valence electrons. The van der Waals surface area contributed by atoms with E-state index in [0.717, 1.165) is 46.9 Å². The van der Waals surface area contributed by atoms with Crippen molar-refractivity contribution >= 4 is 34.1 Å². The van der Waals surface area contributed by atoms with Gasteiger partial charge in [-0.2, -0.15) is 5.26 Å². The second-order valence-corrected chi connectivity index (χ2v) is 8.12. The molecule has 0 spiro atoms. The molecule has 0 aliphatic heterocycles. The van der Waals surface area contributed by atoms with Crippen LogP contribution in [-0.2, 0) is 4.79 Å². The molecule has 8 heteroatoms. The Morgan fingerprint density at radius 2 is 1.86 bits per heavy atom. The number of nitrogens with zero attached hydrogens (tertiary/aromatic N) is 2. The SMILES string of the molecule is CCCCCCC(NC(=O)c1ccc(C#N)cc1)c1nc2c(ccc3ccccc32)[nH]1.O=CNO. The lowest BCUT2D eigenvalue weighted by Crippen LogP contribution is -2.29. The highest BCUT2D eigenvalue weighted by atomic mass is 16.5. The highest BCUT2D eigenvalue weighted by molar-refractivity contribution is 6.04. The first kappa shape index (κ1) is 25.4. The third-order valence-electron chi connectivity index (χ3n) is 5.71. The van der Waals surface area contributed by atoms with Gasteiger partial charge >= 0.3 is 0 Å². The number of nitrogens with one attached hydrogen (secondary N) is 3. The molecule has 1 aromatic heterocycles. The molecule has 0 saturated heterocycles. The van der Waals surface area contributed by atoms with Crippen molar-refractivity contribution in [2.75, 3.05) is 0 Å². The minimum absolute atomic E-state index is 0.157. The number of hydroxylamine groups is 1. The second kappa shape index (κ2) is 12.9. The molecule has 35 heavy (non-hydrogen) atoms. The van der Waals surface area contributed by atoms with Crippen LogP contribution in [0, 0.1) is 11.3 Å². The quantitative estimate of drug-likeness (QED) is 0.116. The summed E-state index contributed by atoms with van der Waals surface area (Å²) in [7, 11) is 0. The lowest BCUT2D eigenvalue weighted by Gasteiger charge is -2.17. The smallest absolute Gasteiger partial charge is 0.251 e. The zero-order chi connectivity index (χ0) is 25.0. The van der Waals surface area contributed by atoms with E-state index >= 15 is 0 Å². The van der Waals surface area contributed by atoms with Crippen LogP contribution in [0.15, 0.2) is 60.7 Å². The first-order valence-corrected chi connectivity index (χ1v) is 11.6. The van der Waals surface area contributed by atoms with Gasteiger partial charge in [0.15, 0.2) is 0 Å². The zero-order valence-corrected chi connectivity index (χ0v) is 19.6. The van der Waals surface area contributed by atoms with Crippen molar-refractivity contribution in [3.05, 3.63) is 77.6 Å². The second-order valence-electron chi connectivity index (χ2n) is 8.12. The molecule has 1 heterocycles. The highest BCUT2D eigenvalue weighted by Crippen LogP contribution is 2.27. The zero-order valence-electron chi connectivity index (χ0n) is 19.6. The third-order valence-corrected chi connectivity index (χ3v) is 5.71. The molecule has 4 aromatic rings. The molecular weight excluding hydrogens is 442 g/mol. The van der Waals surface area contributed by atoms with Crippen LogP contribution in [0.1, 0.15) is 66.8 Å². The van der Waals surface area contributed by atoms with Gasteiger partial charge in [-0.15, -0.1) is 0 Å². The maximum absolute atomic E-state index is 12.9. The Morgan fingerprint density at radius 3 is 2.54 bits per heavy atom. The Labute approximate surface area is 203 Å². The van der Waals surface area contributed by atoms with E-state index in [1.165, 1.54) is 18.3 Å². The fourth-order valence-electron chi connectivity index (χ4n) is 3.92. The van der Waals surface area contributed by atoms with E-state index in [-0.39, 0.29) is 18.4 Å². The molecule has 3 aromatic carbocycles. The first-order valence-electron chi connectivity index (χ1n) is 11.6. The number of hydrogen-bond acceptors (Lipinski definition) is 5. The number of hydrogen-bond donors (Lipinski definition) is 4. The van der Waals surface area contributed by atoms with E-state index in [0.29, 0.717) is 11.1 Å². The molecule has 0 aliphatic carbocycles. The number of nitriles is 1. The molecule has 1 atom stereocenters. The summed E-state index contributed by atoms with van der Waals surface area (Å²) in [5.41, 5.74) is 4.23. The van der Waals surface area contributed by atoms with Gasteiger partial charge in [0.05, 0.1) is 28.7 Å². The summed E-state index contributed by atoms with van der Waals surface area (Å²) in [5.74, 6) is 0.625. The van der Waals surface area contributed by atoms with E-state index in [2.05, 4.69) is 41.5 Å². The Morgan fingerprint density at radius 1 is 1.11 bits per heavy atom. The minimum Gasteiger partial charge on any atom is -0.342 e.